The highest BCUT2D eigenvalue weighted by molar-refractivity contribution is 7.98. The monoisotopic (exact) mass is 453 g/mol. The summed E-state index contributed by atoms with van der Waals surface area (Å²) in [6.07, 6.45) is 0. The van der Waals surface area contributed by atoms with Crippen molar-refractivity contribution in [3.63, 3.8) is 0 Å². The second kappa shape index (κ2) is 9.62. The van der Waals surface area contributed by atoms with Crippen molar-refractivity contribution in [1.29, 1.82) is 0 Å². The van der Waals surface area contributed by atoms with E-state index in [1.54, 1.807) is 7.11 Å². The third-order valence-electron chi connectivity index (χ3n) is 4.88. The maximum absolute atomic E-state index is 5.42. The van der Waals surface area contributed by atoms with E-state index >= 15 is 0 Å². The maximum atomic E-state index is 5.42. The van der Waals surface area contributed by atoms with Gasteiger partial charge in [0.15, 0.2) is 0 Å². The van der Waals surface area contributed by atoms with Crippen LogP contribution in [0.2, 0.25) is 0 Å². The van der Waals surface area contributed by atoms with Gasteiger partial charge in [-0.3, -0.25) is 0 Å². The standard InChI is InChI=1S/C25H19N5O2S/c1-31-20-14-8-13-19(15-20)24-26-21(32-30-24)16-33-25-27-22(17-9-4-2-5-10-17)23(28-29-25)18-11-6-3-7-12-18/h2-15H,16H2,1H3. The van der Waals surface area contributed by atoms with E-state index in [0.717, 1.165) is 33.8 Å². The molecule has 0 saturated carbocycles. The van der Waals surface area contributed by atoms with Crippen LogP contribution in [0.5, 0.6) is 5.75 Å². The Morgan fingerprint density at radius 3 is 2.18 bits per heavy atom. The summed E-state index contributed by atoms with van der Waals surface area (Å²) in [4.78, 5) is 9.29. The van der Waals surface area contributed by atoms with Crippen LogP contribution in [0, 0.1) is 0 Å². The molecule has 5 aromatic rings. The summed E-state index contributed by atoms with van der Waals surface area (Å²) in [5.41, 5.74) is 4.29. The Bertz CT molecular complexity index is 1360. The Morgan fingerprint density at radius 2 is 1.45 bits per heavy atom. The second-order valence-corrected chi connectivity index (χ2v) is 8.00. The zero-order chi connectivity index (χ0) is 22.5. The van der Waals surface area contributed by atoms with Gasteiger partial charge in [-0.2, -0.15) is 4.98 Å². The number of rotatable bonds is 7. The van der Waals surface area contributed by atoms with E-state index in [0.29, 0.717) is 22.6 Å². The Hall–Kier alpha value is -4.04. The van der Waals surface area contributed by atoms with Gasteiger partial charge in [0, 0.05) is 16.7 Å². The number of nitrogens with zero attached hydrogens (tertiary/aromatic N) is 5. The van der Waals surface area contributed by atoms with Crippen LogP contribution < -0.4 is 4.74 Å². The third kappa shape index (κ3) is 4.75. The van der Waals surface area contributed by atoms with Crippen LogP contribution >= 0.6 is 11.8 Å². The number of hydrogen-bond acceptors (Lipinski definition) is 8. The lowest BCUT2D eigenvalue weighted by Gasteiger charge is -2.09. The average Bonchev–Trinajstić information content (AvgIpc) is 3.38. The molecule has 0 fully saturated rings. The summed E-state index contributed by atoms with van der Waals surface area (Å²) in [6.45, 7) is 0. The Kier molecular flexibility index (Phi) is 6.08. The van der Waals surface area contributed by atoms with Gasteiger partial charge in [-0.25, -0.2) is 4.98 Å². The lowest BCUT2D eigenvalue weighted by Crippen LogP contribution is -1.99. The molecule has 7 nitrogen and oxygen atoms in total. The van der Waals surface area contributed by atoms with Crippen LogP contribution in [0.1, 0.15) is 5.89 Å². The summed E-state index contributed by atoms with van der Waals surface area (Å²) in [5.74, 6) is 2.15. The molecular formula is C25H19N5O2S. The summed E-state index contributed by atoms with van der Waals surface area (Å²) in [6, 6.07) is 27.4. The molecule has 5 rings (SSSR count). The van der Waals surface area contributed by atoms with Gasteiger partial charge in [0.05, 0.1) is 12.9 Å². The number of hydrogen-bond donors (Lipinski definition) is 0. The van der Waals surface area contributed by atoms with Crippen molar-refractivity contribution in [2.24, 2.45) is 0 Å². The topological polar surface area (TPSA) is 86.8 Å². The normalized spacial score (nSPS) is 10.8. The van der Waals surface area contributed by atoms with Crippen LogP contribution in [-0.4, -0.2) is 32.4 Å². The van der Waals surface area contributed by atoms with Crippen molar-refractivity contribution in [3.05, 3.63) is 90.8 Å². The minimum absolute atomic E-state index is 0.428. The van der Waals surface area contributed by atoms with Crippen molar-refractivity contribution < 1.29 is 9.26 Å². The molecule has 0 unspecified atom stereocenters. The van der Waals surface area contributed by atoms with Crippen molar-refractivity contribution in [3.8, 4) is 39.7 Å². The molecule has 0 aliphatic carbocycles. The number of thioether (sulfide) groups is 1. The van der Waals surface area contributed by atoms with Crippen LogP contribution in [-0.2, 0) is 5.75 Å². The molecule has 0 aliphatic rings. The first kappa shape index (κ1) is 20.8. The first-order chi connectivity index (χ1) is 16.3. The predicted octanol–water partition coefficient (Wildman–Crippen LogP) is 5.56. The fourth-order valence-electron chi connectivity index (χ4n) is 3.28. The Morgan fingerprint density at radius 1 is 0.758 bits per heavy atom. The molecule has 0 saturated heterocycles. The molecule has 8 heteroatoms. The van der Waals surface area contributed by atoms with Gasteiger partial charge in [0.2, 0.25) is 16.9 Å². The molecule has 0 bridgehead atoms. The average molecular weight is 454 g/mol. The highest BCUT2D eigenvalue weighted by Gasteiger charge is 2.15. The Balaban J connectivity index is 1.39. The van der Waals surface area contributed by atoms with E-state index in [1.165, 1.54) is 11.8 Å². The molecule has 0 aliphatic heterocycles. The number of benzene rings is 3. The molecule has 2 aromatic heterocycles. The summed E-state index contributed by atoms with van der Waals surface area (Å²) >= 11 is 1.40. The van der Waals surface area contributed by atoms with E-state index in [4.69, 9.17) is 14.2 Å². The summed E-state index contributed by atoms with van der Waals surface area (Å²) < 4.78 is 10.7. The van der Waals surface area contributed by atoms with Crippen molar-refractivity contribution in [2.75, 3.05) is 7.11 Å². The van der Waals surface area contributed by atoms with Gasteiger partial charge >= 0.3 is 0 Å². The zero-order valence-corrected chi connectivity index (χ0v) is 18.6. The summed E-state index contributed by atoms with van der Waals surface area (Å²) in [7, 11) is 1.62. The van der Waals surface area contributed by atoms with Gasteiger partial charge in [0.1, 0.15) is 17.1 Å². The van der Waals surface area contributed by atoms with E-state index in [9.17, 15) is 0 Å². The molecule has 0 radical (unpaired) electrons. The lowest BCUT2D eigenvalue weighted by molar-refractivity contribution is 0.391. The zero-order valence-electron chi connectivity index (χ0n) is 17.8. The fourth-order valence-corrected chi connectivity index (χ4v) is 3.90. The van der Waals surface area contributed by atoms with Crippen LogP contribution in [0.15, 0.2) is 94.6 Å². The SMILES string of the molecule is COc1cccc(-c2noc(CSc3nnc(-c4ccccc4)c(-c4ccccc4)n3)n2)c1. The first-order valence-electron chi connectivity index (χ1n) is 10.3. The number of aromatic nitrogens is 5. The molecule has 0 spiro atoms. The van der Waals surface area contributed by atoms with Crippen LogP contribution in [0.4, 0.5) is 0 Å². The van der Waals surface area contributed by atoms with E-state index in [2.05, 4.69) is 20.3 Å². The minimum atomic E-state index is 0.428. The first-order valence-corrected chi connectivity index (χ1v) is 11.2. The molecule has 33 heavy (non-hydrogen) atoms. The van der Waals surface area contributed by atoms with Crippen LogP contribution in [0.3, 0.4) is 0 Å². The lowest BCUT2D eigenvalue weighted by atomic mass is 10.0. The molecule has 0 N–H and O–H groups in total. The smallest absolute Gasteiger partial charge is 0.237 e. The van der Waals surface area contributed by atoms with Crippen LogP contribution in [0.25, 0.3) is 33.9 Å². The molecule has 0 atom stereocenters. The van der Waals surface area contributed by atoms with Gasteiger partial charge in [-0.05, 0) is 12.1 Å². The van der Waals surface area contributed by atoms with Crippen molar-refractivity contribution in [2.45, 2.75) is 10.9 Å². The van der Waals surface area contributed by atoms with Crippen molar-refractivity contribution >= 4 is 11.8 Å². The minimum Gasteiger partial charge on any atom is -0.497 e. The quantitative estimate of drug-likeness (QED) is 0.296. The van der Waals surface area contributed by atoms with E-state index < -0.39 is 0 Å². The fraction of sp³-hybridized carbons (Fsp3) is 0.0800. The maximum Gasteiger partial charge on any atom is 0.237 e. The van der Waals surface area contributed by atoms with Gasteiger partial charge in [-0.15, -0.1) is 10.2 Å². The number of methoxy groups -OCH3 is 1. The summed E-state index contributed by atoms with van der Waals surface area (Å²) in [5, 5.41) is 13.5. The predicted molar refractivity (Wildman–Crippen MR) is 127 cm³/mol. The molecular weight excluding hydrogens is 434 g/mol. The van der Waals surface area contributed by atoms with E-state index in [-0.39, 0.29) is 0 Å². The molecule has 0 amide bonds. The Labute approximate surface area is 194 Å². The highest BCUT2D eigenvalue weighted by Crippen LogP contribution is 2.30. The highest BCUT2D eigenvalue weighted by atomic mass is 32.2. The third-order valence-corrected chi connectivity index (χ3v) is 5.70. The molecule has 2 heterocycles. The number of ether oxygens (including phenoxy) is 1. The van der Waals surface area contributed by atoms with Crippen molar-refractivity contribution in [1.82, 2.24) is 25.3 Å². The van der Waals surface area contributed by atoms with Gasteiger partial charge in [0.25, 0.3) is 0 Å². The molecule has 162 valence electrons. The van der Waals surface area contributed by atoms with E-state index in [1.807, 2.05) is 84.9 Å². The van der Waals surface area contributed by atoms with Gasteiger partial charge in [-0.1, -0.05) is 89.7 Å². The molecule has 3 aromatic carbocycles. The van der Waals surface area contributed by atoms with Gasteiger partial charge < -0.3 is 9.26 Å². The largest absolute Gasteiger partial charge is 0.497 e. The second-order valence-electron chi connectivity index (χ2n) is 7.06.